The van der Waals surface area contributed by atoms with Crippen LogP contribution in [0.4, 0.5) is 0 Å². The van der Waals surface area contributed by atoms with Crippen molar-refractivity contribution in [3.05, 3.63) is 6.55 Å². The van der Waals surface area contributed by atoms with Gasteiger partial charge in [0.2, 0.25) is 0 Å². The number of hydrogen-bond acceptors (Lipinski definition) is 1. The van der Waals surface area contributed by atoms with Crippen LogP contribution in [0, 0.1) is 6.55 Å². The molecule has 0 aromatic heterocycles. The molecule has 0 saturated heterocycles. The summed E-state index contributed by atoms with van der Waals surface area (Å²) >= 11 is 0. The van der Waals surface area contributed by atoms with Crippen LogP contribution in [0.15, 0.2) is 0 Å². The molecule has 0 bridgehead atoms. The number of hydrogen-bond donors (Lipinski definition) is 0. The third-order valence-electron chi connectivity index (χ3n) is 0.976. The van der Waals surface area contributed by atoms with Crippen molar-refractivity contribution in [2.75, 3.05) is 0 Å². The van der Waals surface area contributed by atoms with Crippen LogP contribution in [-0.4, -0.2) is 37.7 Å². The first-order chi connectivity index (χ1) is 3.95. The molecule has 0 aromatic rings. The minimum Gasteiger partial charge on any atom is -1.00 e. The second-order valence-corrected chi connectivity index (χ2v) is 5.56. The van der Waals surface area contributed by atoms with Crippen molar-refractivity contribution in [3.63, 3.8) is 0 Å². The molecule has 0 radical (unpaired) electrons. The minimum absolute atomic E-state index is 0. The largest absolute Gasteiger partial charge is 2.00 e. The number of rotatable bonds is 2. The quantitative estimate of drug-likeness (QED) is 0.344. The summed E-state index contributed by atoms with van der Waals surface area (Å²) in [6.45, 7) is 12.3. The Hall–Kier alpha value is 1.67. The van der Waals surface area contributed by atoms with Crippen molar-refractivity contribution in [3.8, 4) is 0 Å². The van der Waals surface area contributed by atoms with Gasteiger partial charge in [-0.25, -0.2) is 0 Å². The molecule has 0 N–H and O–H groups in total. The van der Waals surface area contributed by atoms with Gasteiger partial charge < -0.3 is 34.9 Å². The molecule has 0 fully saturated rings. The van der Waals surface area contributed by atoms with E-state index in [2.05, 4.69) is 34.2 Å². The Balaban J connectivity index is -0.000000320. The maximum absolute atomic E-state index is 5.61. The summed E-state index contributed by atoms with van der Waals surface area (Å²) in [5.41, 5.74) is 0.0225. The normalized spacial score (nSPS) is 12.8. The second-order valence-electron chi connectivity index (χ2n) is 3.26. The van der Waals surface area contributed by atoms with E-state index in [1.165, 1.54) is 0 Å². The molecule has 0 aliphatic rings. The molecular formula is C7H17IMgOSi. The van der Waals surface area contributed by atoms with Crippen molar-refractivity contribution in [1.82, 2.24) is 0 Å². The van der Waals surface area contributed by atoms with Crippen LogP contribution >= 0.6 is 0 Å². The predicted octanol–water partition coefficient (Wildman–Crippen LogP) is -1.46. The molecule has 0 spiro atoms. The van der Waals surface area contributed by atoms with Gasteiger partial charge in [0.05, 0.1) is 0 Å². The van der Waals surface area contributed by atoms with Gasteiger partial charge >= 0.3 is 23.1 Å². The van der Waals surface area contributed by atoms with Gasteiger partial charge in [-0.15, -0.1) is 0 Å². The first-order valence-corrected chi connectivity index (χ1v) is 5.57. The van der Waals surface area contributed by atoms with E-state index in [1.54, 1.807) is 0 Å². The average Bonchev–Trinajstić information content (AvgIpc) is 1.62. The topological polar surface area (TPSA) is 9.23 Å². The average molecular weight is 297 g/mol. The van der Waals surface area contributed by atoms with Crippen LogP contribution in [0.1, 0.15) is 27.7 Å². The molecule has 0 aliphatic heterocycles. The van der Waals surface area contributed by atoms with Gasteiger partial charge in [-0.05, 0) is 20.8 Å². The van der Waals surface area contributed by atoms with Crippen LogP contribution in [0.2, 0.25) is 6.04 Å². The van der Waals surface area contributed by atoms with Gasteiger partial charge in [0.25, 0.3) is 0 Å². The Morgan fingerprint density at radius 2 is 1.73 bits per heavy atom. The molecule has 1 unspecified atom stereocenters. The van der Waals surface area contributed by atoms with E-state index < -0.39 is 9.04 Å². The van der Waals surface area contributed by atoms with Gasteiger partial charge in [0.15, 0.2) is 0 Å². The van der Waals surface area contributed by atoms with Crippen LogP contribution in [-0.2, 0) is 4.43 Å². The fourth-order valence-electron chi connectivity index (χ4n) is 0.583. The van der Waals surface area contributed by atoms with Crippen molar-refractivity contribution in [2.24, 2.45) is 0 Å². The van der Waals surface area contributed by atoms with Crippen LogP contribution in [0.25, 0.3) is 0 Å². The summed E-state index contributed by atoms with van der Waals surface area (Å²) in [6, 6.07) is 1.12. The first kappa shape index (κ1) is 18.5. The Bertz CT molecular complexity index is 85.0. The van der Waals surface area contributed by atoms with Crippen LogP contribution in [0.3, 0.4) is 0 Å². The van der Waals surface area contributed by atoms with E-state index in [0.717, 1.165) is 6.04 Å². The zero-order chi connectivity index (χ0) is 7.49. The fraction of sp³-hybridized carbons (Fsp3) is 0.857. The Morgan fingerprint density at radius 3 is 1.82 bits per heavy atom. The van der Waals surface area contributed by atoms with E-state index in [9.17, 15) is 0 Å². The van der Waals surface area contributed by atoms with E-state index >= 15 is 0 Å². The van der Waals surface area contributed by atoms with Crippen molar-refractivity contribution in [2.45, 2.75) is 39.3 Å². The van der Waals surface area contributed by atoms with Crippen molar-refractivity contribution in [1.29, 1.82) is 0 Å². The summed E-state index contributed by atoms with van der Waals surface area (Å²) in [6.07, 6.45) is 0. The number of halogens is 1. The zero-order valence-electron chi connectivity index (χ0n) is 7.98. The molecule has 64 valence electrons. The third kappa shape index (κ3) is 14.5. The first-order valence-electron chi connectivity index (χ1n) is 3.46. The molecule has 0 aliphatic carbocycles. The molecule has 11 heavy (non-hydrogen) atoms. The molecule has 1 nitrogen and oxygen atoms in total. The summed E-state index contributed by atoms with van der Waals surface area (Å²) in [5, 5.41) is 0. The SMILES string of the molecule is [CH2-][SiH](CC)OC(C)(C)C.[I-].[Mg+2]. The molecule has 0 amide bonds. The third-order valence-corrected chi connectivity index (χ3v) is 2.93. The molecule has 0 saturated carbocycles. The van der Waals surface area contributed by atoms with Gasteiger partial charge in [-0.2, -0.15) is 0 Å². The molecule has 0 heterocycles. The maximum atomic E-state index is 5.61. The Kier molecular flexibility index (Phi) is 13.9. The molecule has 4 heteroatoms. The van der Waals surface area contributed by atoms with Crippen molar-refractivity contribution < 1.29 is 28.4 Å². The summed E-state index contributed by atoms with van der Waals surface area (Å²) in [7, 11) is -1.06. The maximum Gasteiger partial charge on any atom is 2.00 e. The van der Waals surface area contributed by atoms with Crippen LogP contribution < -0.4 is 24.0 Å². The van der Waals surface area contributed by atoms with Crippen LogP contribution in [0.5, 0.6) is 0 Å². The van der Waals surface area contributed by atoms with Gasteiger partial charge in [0.1, 0.15) is 0 Å². The summed E-state index contributed by atoms with van der Waals surface area (Å²) in [5.74, 6) is 0. The van der Waals surface area contributed by atoms with E-state index in [4.69, 9.17) is 4.43 Å². The molecule has 0 aromatic carbocycles. The van der Waals surface area contributed by atoms with E-state index in [-0.39, 0.29) is 52.6 Å². The van der Waals surface area contributed by atoms with Gasteiger partial charge in [0, 0.05) is 14.6 Å². The Morgan fingerprint density at radius 1 is 1.36 bits per heavy atom. The molecular weight excluding hydrogens is 279 g/mol. The summed E-state index contributed by atoms with van der Waals surface area (Å²) < 4.78 is 5.61. The van der Waals surface area contributed by atoms with E-state index in [0.29, 0.717) is 0 Å². The minimum atomic E-state index is -1.06. The monoisotopic (exact) mass is 296 g/mol. The standard InChI is InChI=1S/C7H17OSi.HI.Mg/c1-6-9(5)8-7(2,3)4;;/h9H,5-6H2,1-4H3;1H;/q-1;;+2/p-1. The van der Waals surface area contributed by atoms with Gasteiger partial charge in [-0.3, -0.25) is 0 Å². The molecule has 0 rings (SSSR count). The zero-order valence-corrected chi connectivity index (χ0v) is 12.7. The smallest absolute Gasteiger partial charge is 1.00 e. The Labute approximate surface area is 106 Å². The fourth-order valence-corrected chi connectivity index (χ4v) is 1.75. The second kappa shape index (κ2) is 8.28. The summed E-state index contributed by atoms with van der Waals surface area (Å²) in [4.78, 5) is 0. The van der Waals surface area contributed by atoms with E-state index in [1.807, 2.05) is 0 Å². The molecule has 1 atom stereocenters. The van der Waals surface area contributed by atoms with Gasteiger partial charge in [-0.1, -0.05) is 13.0 Å². The predicted molar refractivity (Wildman–Crippen MR) is 49.6 cm³/mol. The van der Waals surface area contributed by atoms with Crippen molar-refractivity contribution >= 4 is 32.1 Å².